The van der Waals surface area contributed by atoms with Gasteiger partial charge in [-0.25, -0.2) is 4.39 Å². The van der Waals surface area contributed by atoms with Crippen LogP contribution in [-0.4, -0.2) is 26.2 Å². The summed E-state index contributed by atoms with van der Waals surface area (Å²) in [6.45, 7) is 0.0101. The van der Waals surface area contributed by atoms with Gasteiger partial charge in [0.2, 0.25) is 0 Å². The molecule has 0 fully saturated rings. The molecule has 1 rings (SSSR count). The number of hydrogen-bond donors (Lipinski definition) is 1. The first kappa shape index (κ1) is 12.4. The Bertz CT molecular complexity index is 368. The summed E-state index contributed by atoms with van der Waals surface area (Å²) in [5.74, 6) is -0.249. The lowest BCUT2D eigenvalue weighted by Crippen LogP contribution is -2.18. The second kappa shape index (κ2) is 6.07. The Balaban J connectivity index is 2.58. The maximum absolute atomic E-state index is 13.0. The molecule has 0 saturated carbocycles. The van der Waals surface area contributed by atoms with Crippen LogP contribution in [0, 0.1) is 5.82 Å². The van der Waals surface area contributed by atoms with Gasteiger partial charge >= 0.3 is 5.97 Å². The molecule has 1 aromatic carbocycles. The topological polar surface area (TPSA) is 61.5 Å². The zero-order valence-electron chi connectivity index (χ0n) is 9.03. The van der Waals surface area contributed by atoms with Crippen LogP contribution in [-0.2, 0) is 16.0 Å². The van der Waals surface area contributed by atoms with Crippen molar-refractivity contribution >= 4 is 5.97 Å². The van der Waals surface area contributed by atoms with Crippen LogP contribution in [0.5, 0.6) is 5.75 Å². The molecule has 0 aromatic heterocycles. The Morgan fingerprint density at radius 3 is 2.88 bits per heavy atom. The van der Waals surface area contributed by atoms with Gasteiger partial charge in [-0.15, -0.1) is 0 Å². The lowest BCUT2D eigenvalue weighted by molar-refractivity contribution is -0.141. The molecule has 0 amide bonds. The van der Waals surface area contributed by atoms with E-state index in [-0.39, 0.29) is 19.0 Å². The maximum atomic E-state index is 13.0. The van der Waals surface area contributed by atoms with Gasteiger partial charge in [-0.3, -0.25) is 4.79 Å². The summed E-state index contributed by atoms with van der Waals surface area (Å²) >= 11 is 0. The minimum absolute atomic E-state index is 0.152. The Morgan fingerprint density at radius 1 is 1.50 bits per heavy atom. The lowest BCUT2D eigenvalue weighted by atomic mass is 10.1. The number of hydrogen-bond acceptors (Lipinski definition) is 4. The van der Waals surface area contributed by atoms with Gasteiger partial charge in [0.05, 0.1) is 20.3 Å². The molecule has 2 N–H and O–H groups in total. The van der Waals surface area contributed by atoms with Crippen molar-refractivity contribution < 1.29 is 18.7 Å². The van der Waals surface area contributed by atoms with E-state index in [2.05, 4.69) is 0 Å². The molecule has 0 heterocycles. The van der Waals surface area contributed by atoms with Crippen LogP contribution in [0.25, 0.3) is 0 Å². The summed E-state index contributed by atoms with van der Waals surface area (Å²) < 4.78 is 22.8. The van der Waals surface area contributed by atoms with E-state index in [0.717, 1.165) is 0 Å². The van der Waals surface area contributed by atoms with Crippen molar-refractivity contribution in [2.24, 2.45) is 5.73 Å². The Morgan fingerprint density at radius 2 is 2.25 bits per heavy atom. The largest absolute Gasteiger partial charge is 0.496 e. The van der Waals surface area contributed by atoms with Crippen molar-refractivity contribution in [3.8, 4) is 5.75 Å². The number of nitrogens with two attached hydrogens (primary N) is 1. The average molecular weight is 227 g/mol. The Hall–Kier alpha value is -1.62. The zero-order valence-corrected chi connectivity index (χ0v) is 9.03. The highest BCUT2D eigenvalue weighted by Crippen LogP contribution is 2.19. The van der Waals surface area contributed by atoms with Gasteiger partial charge in [0, 0.05) is 12.0 Å². The van der Waals surface area contributed by atoms with Crippen LogP contribution in [0.1, 0.15) is 5.56 Å². The predicted octanol–water partition coefficient (Wildman–Crippen LogP) is 0.879. The van der Waals surface area contributed by atoms with Crippen LogP contribution < -0.4 is 10.5 Å². The minimum Gasteiger partial charge on any atom is -0.496 e. The Kier molecular flexibility index (Phi) is 4.72. The quantitative estimate of drug-likeness (QED) is 0.758. The summed E-state index contributed by atoms with van der Waals surface area (Å²) in [6, 6.07) is 4.21. The molecule has 4 nitrogen and oxygen atoms in total. The molecule has 0 aliphatic rings. The lowest BCUT2D eigenvalue weighted by Gasteiger charge is -2.08. The fraction of sp³-hybridized carbons (Fsp3) is 0.364. The number of methoxy groups -OCH3 is 1. The van der Waals surface area contributed by atoms with Gasteiger partial charge in [0.25, 0.3) is 0 Å². The van der Waals surface area contributed by atoms with E-state index in [9.17, 15) is 9.18 Å². The van der Waals surface area contributed by atoms with Crippen molar-refractivity contribution in [2.75, 3.05) is 20.3 Å². The van der Waals surface area contributed by atoms with Crippen LogP contribution in [0.4, 0.5) is 4.39 Å². The van der Waals surface area contributed by atoms with Crippen LogP contribution >= 0.6 is 0 Å². The van der Waals surface area contributed by atoms with Gasteiger partial charge in [-0.2, -0.15) is 0 Å². The summed E-state index contributed by atoms with van der Waals surface area (Å²) in [6.07, 6.45) is 0.396. The fourth-order valence-corrected chi connectivity index (χ4v) is 1.28. The molecule has 0 spiro atoms. The first-order chi connectivity index (χ1) is 7.67. The van der Waals surface area contributed by atoms with Crippen molar-refractivity contribution in [1.29, 1.82) is 0 Å². The molecule has 0 unspecified atom stereocenters. The standard InChI is InChI=1S/C11H14FNO3/c1-15-10-3-2-9(12)6-8(10)4-5-16-11(14)7-13/h2-3,6H,4-5,7,13H2,1H3. The normalized spacial score (nSPS) is 9.94. The molecule has 0 aliphatic carbocycles. The highest BCUT2D eigenvalue weighted by atomic mass is 19.1. The zero-order chi connectivity index (χ0) is 12.0. The molecule has 0 radical (unpaired) electrons. The number of benzene rings is 1. The van der Waals surface area contributed by atoms with E-state index in [1.165, 1.54) is 25.3 Å². The highest BCUT2D eigenvalue weighted by Gasteiger charge is 2.06. The number of ether oxygens (including phenoxy) is 2. The molecule has 1 aromatic rings. The number of halogens is 1. The number of rotatable bonds is 5. The monoisotopic (exact) mass is 227 g/mol. The maximum Gasteiger partial charge on any atom is 0.319 e. The third kappa shape index (κ3) is 3.51. The predicted molar refractivity (Wildman–Crippen MR) is 56.7 cm³/mol. The number of carbonyl (C=O) groups excluding carboxylic acids is 1. The summed E-state index contributed by atoms with van der Waals surface area (Å²) in [5, 5.41) is 0. The molecule has 5 heteroatoms. The van der Waals surface area contributed by atoms with E-state index in [4.69, 9.17) is 15.2 Å². The van der Waals surface area contributed by atoms with Gasteiger partial charge in [-0.05, 0) is 18.2 Å². The van der Waals surface area contributed by atoms with E-state index in [0.29, 0.717) is 17.7 Å². The van der Waals surface area contributed by atoms with E-state index in [1.807, 2.05) is 0 Å². The molecule has 88 valence electrons. The fourth-order valence-electron chi connectivity index (χ4n) is 1.28. The summed E-state index contributed by atoms with van der Waals surface area (Å²) in [7, 11) is 1.50. The third-order valence-electron chi connectivity index (χ3n) is 2.04. The molecule has 0 saturated heterocycles. The first-order valence-corrected chi connectivity index (χ1v) is 4.85. The third-order valence-corrected chi connectivity index (χ3v) is 2.04. The highest BCUT2D eigenvalue weighted by molar-refractivity contribution is 5.71. The second-order valence-electron chi connectivity index (χ2n) is 3.13. The molecule has 0 aliphatic heterocycles. The van der Waals surface area contributed by atoms with Crippen LogP contribution in [0.3, 0.4) is 0 Å². The summed E-state index contributed by atoms with van der Waals surface area (Å²) in [5.41, 5.74) is 5.73. The van der Waals surface area contributed by atoms with Crippen LogP contribution in [0.2, 0.25) is 0 Å². The molecule has 0 bridgehead atoms. The first-order valence-electron chi connectivity index (χ1n) is 4.85. The second-order valence-corrected chi connectivity index (χ2v) is 3.13. The average Bonchev–Trinajstić information content (AvgIpc) is 2.29. The molecule has 0 atom stereocenters. The number of esters is 1. The van der Waals surface area contributed by atoms with Gasteiger partial charge in [0.1, 0.15) is 11.6 Å². The molecular weight excluding hydrogens is 213 g/mol. The van der Waals surface area contributed by atoms with Crippen molar-refractivity contribution in [2.45, 2.75) is 6.42 Å². The summed E-state index contributed by atoms with van der Waals surface area (Å²) in [4.78, 5) is 10.8. The smallest absolute Gasteiger partial charge is 0.319 e. The van der Waals surface area contributed by atoms with E-state index >= 15 is 0 Å². The molecule has 16 heavy (non-hydrogen) atoms. The van der Waals surface area contributed by atoms with Gasteiger partial charge in [-0.1, -0.05) is 0 Å². The van der Waals surface area contributed by atoms with E-state index in [1.54, 1.807) is 0 Å². The van der Waals surface area contributed by atoms with Crippen molar-refractivity contribution in [3.63, 3.8) is 0 Å². The van der Waals surface area contributed by atoms with Gasteiger partial charge < -0.3 is 15.2 Å². The van der Waals surface area contributed by atoms with Gasteiger partial charge in [0.15, 0.2) is 0 Å². The van der Waals surface area contributed by atoms with Crippen molar-refractivity contribution in [3.05, 3.63) is 29.6 Å². The minimum atomic E-state index is -0.477. The molecular formula is C11H14FNO3. The van der Waals surface area contributed by atoms with Crippen LogP contribution in [0.15, 0.2) is 18.2 Å². The van der Waals surface area contributed by atoms with Crippen molar-refractivity contribution in [1.82, 2.24) is 0 Å². The Labute approximate surface area is 93.2 Å². The SMILES string of the molecule is COc1ccc(F)cc1CCOC(=O)CN. The number of carbonyl (C=O) groups is 1. The van der Waals surface area contributed by atoms with E-state index < -0.39 is 5.97 Å².